The molecule has 0 unspecified atom stereocenters. The van der Waals surface area contributed by atoms with Crippen molar-refractivity contribution in [3.8, 4) is 0 Å². The summed E-state index contributed by atoms with van der Waals surface area (Å²) in [6, 6.07) is 10.1. The van der Waals surface area contributed by atoms with E-state index in [1.807, 2.05) is 30.3 Å². The molecule has 1 aliphatic heterocycles. The molecule has 0 bridgehead atoms. The molecule has 2 amide bonds. The zero-order valence-electron chi connectivity index (χ0n) is 21.7. The number of nitrogens with zero attached hydrogens (tertiary/aromatic N) is 2. The van der Waals surface area contributed by atoms with Crippen LogP contribution in [0.3, 0.4) is 0 Å². The summed E-state index contributed by atoms with van der Waals surface area (Å²) in [5, 5.41) is 25.9. The van der Waals surface area contributed by atoms with Gasteiger partial charge in [0.2, 0.25) is 11.8 Å². The van der Waals surface area contributed by atoms with Gasteiger partial charge in [-0.2, -0.15) is 0 Å². The number of carbonyl (C=O) groups excluding carboxylic acids is 2. The Hall–Kier alpha value is -2.29. The third-order valence-electron chi connectivity index (χ3n) is 8.21. The van der Waals surface area contributed by atoms with E-state index < -0.39 is 30.0 Å². The first-order valence-corrected chi connectivity index (χ1v) is 13.3. The van der Waals surface area contributed by atoms with Crippen LogP contribution in [0.1, 0.15) is 52.5 Å². The van der Waals surface area contributed by atoms with E-state index in [2.05, 4.69) is 25.9 Å². The molecule has 8 heteroatoms. The van der Waals surface area contributed by atoms with E-state index in [0.717, 1.165) is 5.56 Å². The molecule has 36 heavy (non-hydrogen) atoms. The van der Waals surface area contributed by atoms with E-state index in [-0.39, 0.29) is 36.2 Å². The second kappa shape index (κ2) is 11.4. The molecule has 8 atom stereocenters. The fourth-order valence-corrected chi connectivity index (χ4v) is 6.46. The summed E-state index contributed by atoms with van der Waals surface area (Å²) in [6.45, 7) is 9.31. The van der Waals surface area contributed by atoms with Crippen LogP contribution in [0.4, 0.5) is 0 Å². The normalized spacial score (nSPS) is 33.0. The van der Waals surface area contributed by atoms with Crippen LogP contribution in [-0.2, 0) is 25.8 Å². The zero-order valence-corrected chi connectivity index (χ0v) is 21.7. The van der Waals surface area contributed by atoms with Crippen LogP contribution in [0, 0.1) is 35.5 Å². The summed E-state index contributed by atoms with van der Waals surface area (Å²) >= 11 is 0. The number of hydrogen-bond acceptors (Lipinski definition) is 7. The molecule has 1 heterocycles. The number of hydrogen-bond donors (Lipinski definition) is 2. The van der Waals surface area contributed by atoms with Gasteiger partial charge in [-0.05, 0) is 31.2 Å². The molecule has 2 N–H and O–H groups in total. The molecule has 3 aliphatic rings. The average Bonchev–Trinajstić information content (AvgIpc) is 3.11. The van der Waals surface area contributed by atoms with Crippen LogP contribution < -0.4 is 0 Å². The van der Waals surface area contributed by atoms with Gasteiger partial charge in [-0.1, -0.05) is 56.3 Å². The number of fused-ring (bicyclic) bond motifs is 3. The summed E-state index contributed by atoms with van der Waals surface area (Å²) in [5.74, 6) is -1.77. The van der Waals surface area contributed by atoms with Crippen molar-refractivity contribution in [1.29, 1.82) is 0 Å². The van der Waals surface area contributed by atoms with Gasteiger partial charge in [-0.25, -0.2) is 0 Å². The Balaban J connectivity index is 1.42. The van der Waals surface area contributed by atoms with Gasteiger partial charge >= 0.3 is 0 Å². The molecular weight excluding hydrogens is 460 g/mol. The fourth-order valence-electron chi connectivity index (χ4n) is 6.46. The third kappa shape index (κ3) is 5.22. The van der Waals surface area contributed by atoms with Gasteiger partial charge in [0, 0.05) is 30.7 Å². The van der Waals surface area contributed by atoms with Crippen molar-refractivity contribution in [2.75, 3.05) is 13.2 Å². The molecular formula is C28H40N2O6. The number of aliphatic hydroxyl groups is 2. The Kier molecular flexibility index (Phi) is 8.48. The minimum absolute atomic E-state index is 0.0190. The lowest BCUT2D eigenvalue weighted by atomic mass is 9.60. The molecule has 0 aromatic heterocycles. The van der Waals surface area contributed by atoms with E-state index in [1.165, 1.54) is 4.90 Å². The lowest BCUT2D eigenvalue weighted by Gasteiger charge is -2.45. The molecule has 3 fully saturated rings. The predicted molar refractivity (Wildman–Crippen MR) is 135 cm³/mol. The van der Waals surface area contributed by atoms with Crippen LogP contribution in [0.5, 0.6) is 0 Å². The van der Waals surface area contributed by atoms with Gasteiger partial charge in [0.25, 0.3) is 0 Å². The lowest BCUT2D eigenvalue weighted by molar-refractivity contribution is -0.141. The summed E-state index contributed by atoms with van der Waals surface area (Å²) in [4.78, 5) is 32.9. The Labute approximate surface area is 213 Å². The maximum absolute atomic E-state index is 13.0. The number of imide groups is 1. The van der Waals surface area contributed by atoms with Crippen LogP contribution in [-0.4, -0.2) is 64.1 Å². The average molecular weight is 501 g/mol. The fraction of sp³-hybridized carbons (Fsp3) is 0.679. The molecule has 0 radical (unpaired) electrons. The minimum Gasteiger partial charge on any atom is -0.395 e. The first-order chi connectivity index (χ1) is 17.2. The van der Waals surface area contributed by atoms with Gasteiger partial charge < -0.3 is 19.8 Å². The number of likely N-dealkylation sites (tertiary alicyclic amines) is 1. The molecule has 8 nitrogen and oxygen atoms in total. The van der Waals surface area contributed by atoms with E-state index in [1.54, 1.807) is 6.92 Å². The highest BCUT2D eigenvalue weighted by molar-refractivity contribution is 6.06. The highest BCUT2D eigenvalue weighted by Gasteiger charge is 2.59. The third-order valence-corrected chi connectivity index (χ3v) is 8.21. The Morgan fingerprint density at radius 1 is 1.06 bits per heavy atom. The molecule has 1 aromatic rings. The summed E-state index contributed by atoms with van der Waals surface area (Å²) in [7, 11) is 0. The van der Waals surface area contributed by atoms with Crippen LogP contribution in [0.2, 0.25) is 0 Å². The molecule has 198 valence electrons. The van der Waals surface area contributed by atoms with Gasteiger partial charge in [0.05, 0.1) is 42.5 Å². The van der Waals surface area contributed by atoms with Gasteiger partial charge in [0.15, 0.2) is 0 Å². The molecule has 2 aliphatic carbocycles. The number of rotatable bonds is 9. The molecule has 0 spiro atoms. The Bertz CT molecular complexity index is 951. The van der Waals surface area contributed by atoms with E-state index in [9.17, 15) is 19.8 Å². The molecule has 1 saturated heterocycles. The quantitative estimate of drug-likeness (QED) is 0.399. The van der Waals surface area contributed by atoms with Crippen molar-refractivity contribution in [3.05, 3.63) is 35.9 Å². The van der Waals surface area contributed by atoms with Crippen LogP contribution in [0.25, 0.3) is 0 Å². The number of ether oxygens (including phenoxy) is 1. The first-order valence-electron chi connectivity index (χ1n) is 13.3. The Morgan fingerprint density at radius 3 is 2.42 bits per heavy atom. The van der Waals surface area contributed by atoms with Crippen molar-refractivity contribution in [3.63, 3.8) is 0 Å². The number of benzene rings is 1. The van der Waals surface area contributed by atoms with E-state index in [0.29, 0.717) is 44.2 Å². The first kappa shape index (κ1) is 26.8. The maximum Gasteiger partial charge on any atom is 0.233 e. The largest absolute Gasteiger partial charge is 0.395 e. The topological polar surface area (TPSA) is 109 Å². The SMILES string of the molecule is CCN1C(=O)[C@H]2[C@H]3[C@H](O)[C@H](O)C/C(=N\OC[C@@H](C)[C@H](OCc4ccccc4)C(C)C)[C@@H]3CC[C@H]2C1=O. The van der Waals surface area contributed by atoms with Crippen molar-refractivity contribution >= 4 is 17.5 Å². The molecule has 4 rings (SSSR count). The number of carbonyl (C=O) groups is 2. The number of amides is 2. The van der Waals surface area contributed by atoms with Gasteiger partial charge in [-0.3, -0.25) is 14.5 Å². The second-order valence-electron chi connectivity index (χ2n) is 10.9. The lowest BCUT2D eigenvalue weighted by Crippen LogP contribution is -2.54. The molecule has 1 aromatic carbocycles. The zero-order chi connectivity index (χ0) is 26.0. The van der Waals surface area contributed by atoms with Crippen molar-refractivity contribution < 1.29 is 29.4 Å². The van der Waals surface area contributed by atoms with Gasteiger partial charge in [-0.15, -0.1) is 0 Å². The smallest absolute Gasteiger partial charge is 0.233 e. The summed E-state index contributed by atoms with van der Waals surface area (Å²) < 4.78 is 6.23. The molecule has 2 saturated carbocycles. The number of oxime groups is 1. The predicted octanol–water partition coefficient (Wildman–Crippen LogP) is 3.01. The van der Waals surface area contributed by atoms with Gasteiger partial charge in [0.1, 0.15) is 6.61 Å². The van der Waals surface area contributed by atoms with Crippen LogP contribution in [0.15, 0.2) is 35.5 Å². The van der Waals surface area contributed by atoms with Crippen LogP contribution >= 0.6 is 0 Å². The van der Waals surface area contributed by atoms with Crippen molar-refractivity contribution in [1.82, 2.24) is 4.90 Å². The van der Waals surface area contributed by atoms with Crippen molar-refractivity contribution in [2.24, 2.45) is 40.7 Å². The summed E-state index contributed by atoms with van der Waals surface area (Å²) in [5.41, 5.74) is 1.79. The van der Waals surface area contributed by atoms with Crippen molar-refractivity contribution in [2.45, 2.75) is 71.9 Å². The number of aliphatic hydroxyl groups excluding tert-OH is 2. The monoisotopic (exact) mass is 500 g/mol. The minimum atomic E-state index is -1.06. The highest BCUT2D eigenvalue weighted by atomic mass is 16.6. The van der Waals surface area contributed by atoms with E-state index >= 15 is 0 Å². The standard InChI is InChI=1S/C28H40N2O6/c1-5-30-27(33)20-12-11-19-21(13-22(31)25(32)23(19)24(20)28(30)34)29-36-14-17(4)26(16(2)3)35-15-18-9-7-6-8-10-18/h6-10,16-17,19-20,22-26,31-32H,5,11-15H2,1-4H3/b29-21+/t17-,19+,20-,22-,23+,24-,25-,26-/m1/s1. The maximum atomic E-state index is 13.0. The second-order valence-corrected chi connectivity index (χ2v) is 10.9. The van der Waals surface area contributed by atoms with E-state index in [4.69, 9.17) is 9.57 Å². The summed E-state index contributed by atoms with van der Waals surface area (Å²) in [6.07, 6.45) is -0.709. The highest BCUT2D eigenvalue weighted by Crippen LogP contribution is 2.49. The Morgan fingerprint density at radius 2 is 1.75 bits per heavy atom.